The van der Waals surface area contributed by atoms with Crippen LogP contribution < -0.4 is 0 Å². The van der Waals surface area contributed by atoms with Crippen LogP contribution in [-0.2, 0) is 23.7 Å². The third-order valence-electron chi connectivity index (χ3n) is 1.24. The zero-order valence-corrected chi connectivity index (χ0v) is 10.3. The molecule has 0 saturated heterocycles. The molecular formula is C10H24O5. The molecule has 0 spiro atoms. The maximum absolute atomic E-state index is 5.16. The van der Waals surface area contributed by atoms with Gasteiger partial charge in [0.05, 0.1) is 39.6 Å². The molecule has 0 unspecified atom stereocenters. The molecule has 15 heavy (non-hydrogen) atoms. The molecule has 0 rings (SSSR count). The van der Waals surface area contributed by atoms with Crippen LogP contribution in [0, 0.1) is 0 Å². The summed E-state index contributed by atoms with van der Waals surface area (Å²) in [5, 5.41) is 0. The lowest BCUT2D eigenvalue weighted by atomic mass is 10.7. The Balaban J connectivity index is 0. The fraction of sp³-hybridized carbons (Fsp3) is 1.00. The van der Waals surface area contributed by atoms with Gasteiger partial charge in [0.15, 0.2) is 0 Å². The summed E-state index contributed by atoms with van der Waals surface area (Å²) in [5.74, 6) is 0. The van der Waals surface area contributed by atoms with E-state index >= 15 is 0 Å². The van der Waals surface area contributed by atoms with Crippen LogP contribution in [0.25, 0.3) is 0 Å². The van der Waals surface area contributed by atoms with Gasteiger partial charge in [-0.3, -0.25) is 0 Å². The van der Waals surface area contributed by atoms with E-state index in [0.717, 1.165) is 0 Å². The summed E-state index contributed by atoms with van der Waals surface area (Å²) in [6.45, 7) is 3.77. The van der Waals surface area contributed by atoms with Gasteiger partial charge in [-0.25, -0.2) is 0 Å². The molecule has 5 nitrogen and oxygen atoms in total. The van der Waals surface area contributed by atoms with E-state index in [-0.39, 0.29) is 0 Å². The van der Waals surface area contributed by atoms with Gasteiger partial charge in [0.1, 0.15) is 0 Å². The van der Waals surface area contributed by atoms with Crippen LogP contribution >= 0.6 is 0 Å². The first-order valence-corrected chi connectivity index (χ1v) is 4.87. The van der Waals surface area contributed by atoms with Crippen molar-refractivity contribution in [3.05, 3.63) is 0 Å². The number of methoxy groups -OCH3 is 3. The largest absolute Gasteiger partial charge is 0.388 e. The maximum atomic E-state index is 5.16. The Hall–Kier alpha value is -0.200. The average molecular weight is 224 g/mol. The molecule has 0 heterocycles. The highest BCUT2D eigenvalue weighted by molar-refractivity contribution is 4.32. The third kappa shape index (κ3) is 24.8. The van der Waals surface area contributed by atoms with Crippen molar-refractivity contribution in [1.29, 1.82) is 0 Å². The predicted molar refractivity (Wildman–Crippen MR) is 58.3 cm³/mol. The molecule has 94 valence electrons. The quantitative estimate of drug-likeness (QED) is 0.536. The van der Waals surface area contributed by atoms with Crippen molar-refractivity contribution >= 4 is 0 Å². The van der Waals surface area contributed by atoms with Gasteiger partial charge in [0, 0.05) is 28.4 Å². The molecule has 0 aliphatic carbocycles. The van der Waals surface area contributed by atoms with Crippen molar-refractivity contribution < 1.29 is 23.7 Å². The molecule has 5 heteroatoms. The van der Waals surface area contributed by atoms with E-state index in [0.29, 0.717) is 39.6 Å². The summed E-state index contributed by atoms with van der Waals surface area (Å²) in [6.07, 6.45) is 0. The number of hydrogen-bond donors (Lipinski definition) is 0. The first-order valence-electron chi connectivity index (χ1n) is 4.87. The minimum absolute atomic E-state index is 0.618. The van der Waals surface area contributed by atoms with Crippen LogP contribution in [0.15, 0.2) is 0 Å². The van der Waals surface area contributed by atoms with Crippen LogP contribution in [0.2, 0.25) is 0 Å². The topological polar surface area (TPSA) is 46.2 Å². The summed E-state index contributed by atoms with van der Waals surface area (Å²) in [4.78, 5) is 0. The summed E-state index contributed by atoms with van der Waals surface area (Å²) in [6, 6.07) is 0. The Morgan fingerprint density at radius 2 is 0.800 bits per heavy atom. The van der Waals surface area contributed by atoms with Crippen molar-refractivity contribution in [2.45, 2.75) is 0 Å². The van der Waals surface area contributed by atoms with Gasteiger partial charge in [-0.15, -0.1) is 0 Å². The van der Waals surface area contributed by atoms with Gasteiger partial charge in [0.25, 0.3) is 0 Å². The van der Waals surface area contributed by atoms with E-state index in [1.165, 1.54) is 0 Å². The summed E-state index contributed by atoms with van der Waals surface area (Å²) >= 11 is 0. The van der Waals surface area contributed by atoms with Crippen molar-refractivity contribution in [2.24, 2.45) is 0 Å². The standard InChI is InChI=1S/C8H18O4.C2H6O/c1-9-3-5-11-7-8-12-6-4-10-2;1-3-2/h3-8H2,1-2H3;1-2H3. The van der Waals surface area contributed by atoms with Crippen molar-refractivity contribution in [2.75, 3.05) is 68.1 Å². The maximum Gasteiger partial charge on any atom is 0.0701 e. The Bertz CT molecular complexity index is 79.9. The molecule has 0 radical (unpaired) electrons. The highest BCUT2D eigenvalue weighted by Crippen LogP contribution is 1.79. The van der Waals surface area contributed by atoms with Crippen LogP contribution in [0.5, 0.6) is 0 Å². The molecule has 0 aliphatic rings. The Labute approximate surface area is 92.6 Å². The molecule has 0 aliphatic heterocycles. The van der Waals surface area contributed by atoms with Gasteiger partial charge in [-0.2, -0.15) is 0 Å². The van der Waals surface area contributed by atoms with E-state index in [4.69, 9.17) is 18.9 Å². The fourth-order valence-corrected chi connectivity index (χ4v) is 0.606. The Kier molecular flexibility index (Phi) is 22.2. The Morgan fingerprint density at radius 1 is 0.533 bits per heavy atom. The minimum Gasteiger partial charge on any atom is -0.388 e. The van der Waals surface area contributed by atoms with Crippen molar-refractivity contribution in [3.63, 3.8) is 0 Å². The molecule has 0 N–H and O–H groups in total. The molecular weight excluding hydrogens is 200 g/mol. The molecule has 0 aromatic rings. The van der Waals surface area contributed by atoms with Gasteiger partial charge < -0.3 is 23.7 Å². The molecule has 0 aromatic heterocycles. The highest BCUT2D eigenvalue weighted by atomic mass is 16.5. The number of rotatable bonds is 9. The predicted octanol–water partition coefficient (Wildman–Crippen LogP) is 0.575. The van der Waals surface area contributed by atoms with E-state index in [1.54, 1.807) is 28.4 Å². The Morgan fingerprint density at radius 3 is 1.07 bits per heavy atom. The average Bonchev–Trinajstić information content (AvgIpc) is 2.23. The van der Waals surface area contributed by atoms with Gasteiger partial charge in [-0.1, -0.05) is 0 Å². The van der Waals surface area contributed by atoms with Gasteiger partial charge >= 0.3 is 0 Å². The van der Waals surface area contributed by atoms with E-state index in [1.807, 2.05) is 0 Å². The summed E-state index contributed by atoms with van der Waals surface area (Å²) < 4.78 is 24.2. The molecule has 0 saturated carbocycles. The fourth-order valence-electron chi connectivity index (χ4n) is 0.606. The normalized spacial score (nSPS) is 9.60. The van der Waals surface area contributed by atoms with E-state index in [9.17, 15) is 0 Å². The molecule has 0 bridgehead atoms. The van der Waals surface area contributed by atoms with Crippen LogP contribution in [0.1, 0.15) is 0 Å². The SMILES string of the molecule is COC.COCCOCCOCCOC. The number of ether oxygens (including phenoxy) is 5. The summed E-state index contributed by atoms with van der Waals surface area (Å²) in [7, 11) is 6.55. The van der Waals surface area contributed by atoms with Crippen molar-refractivity contribution in [3.8, 4) is 0 Å². The minimum atomic E-state index is 0.618. The molecule has 0 fully saturated rings. The molecule has 0 amide bonds. The third-order valence-corrected chi connectivity index (χ3v) is 1.24. The first-order chi connectivity index (χ1) is 7.33. The second-order valence-electron chi connectivity index (χ2n) is 2.62. The highest BCUT2D eigenvalue weighted by Gasteiger charge is 1.88. The van der Waals surface area contributed by atoms with E-state index < -0.39 is 0 Å². The number of hydrogen-bond acceptors (Lipinski definition) is 5. The second-order valence-corrected chi connectivity index (χ2v) is 2.62. The summed E-state index contributed by atoms with van der Waals surface area (Å²) in [5.41, 5.74) is 0. The van der Waals surface area contributed by atoms with Crippen LogP contribution in [-0.4, -0.2) is 68.1 Å². The monoisotopic (exact) mass is 224 g/mol. The zero-order chi connectivity index (χ0) is 11.8. The lowest BCUT2D eigenvalue weighted by molar-refractivity contribution is 0.0106. The lowest BCUT2D eigenvalue weighted by Crippen LogP contribution is -2.10. The van der Waals surface area contributed by atoms with Gasteiger partial charge in [-0.05, 0) is 0 Å². The lowest BCUT2D eigenvalue weighted by Gasteiger charge is -2.04. The smallest absolute Gasteiger partial charge is 0.0701 e. The van der Waals surface area contributed by atoms with E-state index in [2.05, 4.69) is 4.74 Å². The van der Waals surface area contributed by atoms with Crippen molar-refractivity contribution in [1.82, 2.24) is 0 Å². The van der Waals surface area contributed by atoms with Crippen LogP contribution in [0.4, 0.5) is 0 Å². The van der Waals surface area contributed by atoms with Gasteiger partial charge in [0.2, 0.25) is 0 Å². The van der Waals surface area contributed by atoms with Crippen LogP contribution in [0.3, 0.4) is 0 Å². The molecule has 0 aromatic carbocycles. The molecule has 0 atom stereocenters. The zero-order valence-electron chi connectivity index (χ0n) is 10.3. The first kappa shape index (κ1) is 17.2. The second kappa shape index (κ2) is 19.4.